The standard InChI is InChI=1S/C19H28N2O.ClH/c1-15(18-8-3-2-4-9-18)21(14-17-6-5-7-17)19(22)13-20-12-16-10-11-16;/h2-4,8-9,15-17,20H,5-7,10-14H2,1H3;1H. The topological polar surface area (TPSA) is 32.3 Å². The Labute approximate surface area is 146 Å². The maximum absolute atomic E-state index is 12.7. The second-order valence-corrected chi connectivity index (χ2v) is 7.00. The summed E-state index contributed by atoms with van der Waals surface area (Å²) in [6.45, 7) is 4.57. The molecule has 2 aliphatic rings. The Morgan fingerprint density at radius 1 is 1.17 bits per heavy atom. The number of benzene rings is 1. The van der Waals surface area contributed by atoms with E-state index in [4.69, 9.17) is 0 Å². The number of nitrogens with zero attached hydrogens (tertiary/aromatic N) is 1. The fourth-order valence-electron chi connectivity index (χ4n) is 3.15. The number of rotatable bonds is 8. The van der Waals surface area contributed by atoms with Gasteiger partial charge in [-0.1, -0.05) is 36.8 Å². The molecule has 0 aliphatic heterocycles. The molecule has 2 fully saturated rings. The maximum atomic E-state index is 12.7. The fourth-order valence-corrected chi connectivity index (χ4v) is 3.15. The molecule has 0 bridgehead atoms. The first-order valence-electron chi connectivity index (χ1n) is 8.79. The van der Waals surface area contributed by atoms with Crippen LogP contribution in [0.2, 0.25) is 0 Å². The van der Waals surface area contributed by atoms with E-state index in [2.05, 4.69) is 41.4 Å². The zero-order chi connectivity index (χ0) is 15.4. The van der Waals surface area contributed by atoms with Crippen molar-refractivity contribution in [3.63, 3.8) is 0 Å². The molecule has 0 radical (unpaired) electrons. The number of carbonyl (C=O) groups excluding carboxylic acids is 1. The van der Waals surface area contributed by atoms with Crippen molar-refractivity contribution in [2.45, 2.75) is 45.1 Å². The van der Waals surface area contributed by atoms with Gasteiger partial charge in [0.1, 0.15) is 0 Å². The lowest BCUT2D eigenvalue weighted by molar-refractivity contribution is -0.133. The quantitative estimate of drug-likeness (QED) is 0.783. The highest BCUT2D eigenvalue weighted by Gasteiger charge is 2.28. The van der Waals surface area contributed by atoms with Crippen molar-refractivity contribution >= 4 is 18.3 Å². The molecule has 4 heteroatoms. The summed E-state index contributed by atoms with van der Waals surface area (Å²) in [4.78, 5) is 14.8. The van der Waals surface area contributed by atoms with Crippen molar-refractivity contribution < 1.29 is 4.79 Å². The number of halogens is 1. The van der Waals surface area contributed by atoms with E-state index in [9.17, 15) is 4.79 Å². The summed E-state index contributed by atoms with van der Waals surface area (Å²) in [6, 6.07) is 10.6. The third kappa shape index (κ3) is 5.22. The van der Waals surface area contributed by atoms with Gasteiger partial charge in [0.05, 0.1) is 12.6 Å². The van der Waals surface area contributed by atoms with Gasteiger partial charge in [-0.3, -0.25) is 4.79 Å². The maximum Gasteiger partial charge on any atom is 0.237 e. The number of amides is 1. The molecule has 1 atom stereocenters. The molecule has 1 aromatic carbocycles. The van der Waals surface area contributed by atoms with Crippen molar-refractivity contribution in [1.29, 1.82) is 0 Å². The predicted molar refractivity (Wildman–Crippen MR) is 96.8 cm³/mol. The van der Waals surface area contributed by atoms with Crippen LogP contribution in [0.25, 0.3) is 0 Å². The molecular formula is C19H29ClN2O. The largest absolute Gasteiger partial charge is 0.335 e. The van der Waals surface area contributed by atoms with Gasteiger partial charge < -0.3 is 10.2 Å². The molecule has 1 unspecified atom stereocenters. The molecule has 1 N–H and O–H groups in total. The zero-order valence-corrected chi connectivity index (χ0v) is 14.9. The number of carbonyl (C=O) groups is 1. The average molecular weight is 337 g/mol. The minimum atomic E-state index is 0. The molecule has 2 saturated carbocycles. The smallest absolute Gasteiger partial charge is 0.237 e. The Hall–Kier alpha value is -1.06. The molecule has 0 saturated heterocycles. The Morgan fingerprint density at radius 2 is 1.87 bits per heavy atom. The lowest BCUT2D eigenvalue weighted by Crippen LogP contribution is -2.43. The molecule has 3 nitrogen and oxygen atoms in total. The third-order valence-corrected chi connectivity index (χ3v) is 5.16. The molecule has 2 aliphatic carbocycles. The molecular weight excluding hydrogens is 308 g/mol. The van der Waals surface area contributed by atoms with Crippen LogP contribution >= 0.6 is 12.4 Å². The minimum Gasteiger partial charge on any atom is -0.335 e. The van der Waals surface area contributed by atoms with E-state index in [0.29, 0.717) is 12.5 Å². The predicted octanol–water partition coefficient (Wildman–Crippen LogP) is 3.80. The van der Waals surface area contributed by atoms with Crippen LogP contribution in [0.5, 0.6) is 0 Å². The highest BCUT2D eigenvalue weighted by Crippen LogP contribution is 2.31. The molecule has 3 rings (SSSR count). The first kappa shape index (κ1) is 18.3. The number of nitrogens with one attached hydrogen (secondary N) is 1. The summed E-state index contributed by atoms with van der Waals surface area (Å²) >= 11 is 0. The summed E-state index contributed by atoms with van der Waals surface area (Å²) in [5.74, 6) is 1.78. The summed E-state index contributed by atoms with van der Waals surface area (Å²) in [5.41, 5.74) is 1.23. The van der Waals surface area contributed by atoms with E-state index in [-0.39, 0.29) is 24.4 Å². The van der Waals surface area contributed by atoms with Gasteiger partial charge in [0.25, 0.3) is 0 Å². The molecule has 23 heavy (non-hydrogen) atoms. The monoisotopic (exact) mass is 336 g/mol. The first-order valence-corrected chi connectivity index (χ1v) is 8.79. The van der Waals surface area contributed by atoms with Gasteiger partial charge >= 0.3 is 0 Å². The summed E-state index contributed by atoms with van der Waals surface area (Å²) in [5, 5.41) is 3.35. The molecule has 0 aromatic heterocycles. The molecule has 1 amide bonds. The van der Waals surface area contributed by atoms with Gasteiger partial charge in [-0.15, -0.1) is 12.4 Å². The van der Waals surface area contributed by atoms with E-state index in [0.717, 1.165) is 19.0 Å². The van der Waals surface area contributed by atoms with Crippen molar-refractivity contribution in [2.24, 2.45) is 11.8 Å². The van der Waals surface area contributed by atoms with Crippen molar-refractivity contribution in [3.05, 3.63) is 35.9 Å². The Balaban J connectivity index is 0.00000192. The Morgan fingerprint density at radius 3 is 2.43 bits per heavy atom. The number of hydrogen-bond acceptors (Lipinski definition) is 2. The van der Waals surface area contributed by atoms with Crippen LogP contribution in [-0.2, 0) is 4.79 Å². The van der Waals surface area contributed by atoms with Gasteiger partial charge in [0.15, 0.2) is 0 Å². The van der Waals surface area contributed by atoms with Gasteiger partial charge in [-0.2, -0.15) is 0 Å². The van der Waals surface area contributed by atoms with Crippen LogP contribution < -0.4 is 5.32 Å². The highest BCUT2D eigenvalue weighted by molar-refractivity contribution is 5.85. The summed E-state index contributed by atoms with van der Waals surface area (Å²) in [6.07, 6.45) is 6.54. The molecule has 0 spiro atoms. The van der Waals surface area contributed by atoms with Crippen molar-refractivity contribution in [3.8, 4) is 0 Å². The van der Waals surface area contributed by atoms with Crippen molar-refractivity contribution in [2.75, 3.05) is 19.6 Å². The second-order valence-electron chi connectivity index (χ2n) is 7.00. The highest BCUT2D eigenvalue weighted by atomic mass is 35.5. The summed E-state index contributed by atoms with van der Waals surface area (Å²) < 4.78 is 0. The average Bonchev–Trinajstić information content (AvgIpc) is 3.30. The van der Waals surface area contributed by atoms with E-state index in [1.54, 1.807) is 0 Å². The van der Waals surface area contributed by atoms with Crippen molar-refractivity contribution in [1.82, 2.24) is 10.2 Å². The van der Waals surface area contributed by atoms with Crippen LogP contribution in [-0.4, -0.2) is 30.4 Å². The van der Waals surface area contributed by atoms with Gasteiger partial charge in [-0.05, 0) is 56.6 Å². The minimum absolute atomic E-state index is 0. The molecule has 0 heterocycles. The van der Waals surface area contributed by atoms with E-state index in [1.165, 1.54) is 37.7 Å². The van der Waals surface area contributed by atoms with Crippen LogP contribution in [0.4, 0.5) is 0 Å². The van der Waals surface area contributed by atoms with E-state index >= 15 is 0 Å². The summed E-state index contributed by atoms with van der Waals surface area (Å²) in [7, 11) is 0. The van der Waals surface area contributed by atoms with Gasteiger partial charge in [-0.25, -0.2) is 0 Å². The normalized spacial score (nSPS) is 18.7. The third-order valence-electron chi connectivity index (χ3n) is 5.16. The van der Waals surface area contributed by atoms with Crippen LogP contribution in [0, 0.1) is 11.8 Å². The molecule has 1 aromatic rings. The first-order chi connectivity index (χ1) is 10.7. The van der Waals surface area contributed by atoms with E-state index < -0.39 is 0 Å². The van der Waals surface area contributed by atoms with Crippen LogP contribution in [0.1, 0.15) is 50.6 Å². The fraction of sp³-hybridized carbons (Fsp3) is 0.632. The van der Waals surface area contributed by atoms with Gasteiger partial charge in [0, 0.05) is 6.54 Å². The van der Waals surface area contributed by atoms with E-state index in [1.807, 2.05) is 6.07 Å². The second kappa shape index (κ2) is 8.70. The van der Waals surface area contributed by atoms with Gasteiger partial charge in [0.2, 0.25) is 5.91 Å². The lowest BCUT2D eigenvalue weighted by Gasteiger charge is -2.36. The Bertz CT molecular complexity index is 485. The number of hydrogen-bond donors (Lipinski definition) is 1. The van der Waals surface area contributed by atoms with Crippen LogP contribution in [0.15, 0.2) is 30.3 Å². The SMILES string of the molecule is CC(c1ccccc1)N(CC1CCC1)C(=O)CNCC1CC1.Cl. The Kier molecular flexibility index (Phi) is 6.91. The molecule has 128 valence electrons. The van der Waals surface area contributed by atoms with Crippen LogP contribution in [0.3, 0.4) is 0 Å². The lowest BCUT2D eigenvalue weighted by atomic mass is 9.84. The zero-order valence-electron chi connectivity index (χ0n) is 14.0.